The number of ether oxygens (including phenoxy) is 2. The first-order valence-electron chi connectivity index (χ1n) is 11.8. The number of benzene rings is 2. The van der Waals surface area contributed by atoms with Gasteiger partial charge in [-0.1, -0.05) is 29.0 Å². The van der Waals surface area contributed by atoms with Crippen molar-refractivity contribution in [1.82, 2.24) is 4.98 Å². The molecule has 1 aliphatic heterocycles. The average molecular weight is 529 g/mol. The first kappa shape index (κ1) is 23.0. The largest absolute Gasteiger partial charge is 0.493 e. The maximum atomic E-state index is 12.4. The summed E-state index contributed by atoms with van der Waals surface area (Å²) in [6, 6.07) is 12.9. The minimum atomic E-state index is -0.269. The van der Waals surface area contributed by atoms with Crippen molar-refractivity contribution in [3.05, 3.63) is 67.6 Å². The van der Waals surface area contributed by atoms with Crippen molar-refractivity contribution in [3.8, 4) is 11.5 Å². The minimum absolute atomic E-state index is 0.0124. The summed E-state index contributed by atoms with van der Waals surface area (Å²) in [7, 11) is 1.61. The van der Waals surface area contributed by atoms with Gasteiger partial charge in [-0.2, -0.15) is 0 Å². The van der Waals surface area contributed by atoms with E-state index >= 15 is 0 Å². The van der Waals surface area contributed by atoms with Crippen LogP contribution in [0.5, 0.6) is 11.5 Å². The van der Waals surface area contributed by atoms with Gasteiger partial charge >= 0.3 is 4.87 Å². The van der Waals surface area contributed by atoms with Crippen molar-refractivity contribution in [2.45, 2.75) is 35.5 Å². The number of hydrogen-bond acceptors (Lipinski definition) is 6. The molecule has 2 aliphatic carbocycles. The van der Waals surface area contributed by atoms with Crippen molar-refractivity contribution in [3.63, 3.8) is 0 Å². The van der Waals surface area contributed by atoms with E-state index < -0.39 is 0 Å². The number of carbonyl (C=O) groups excluding carboxylic acids is 1. The standard InChI is InChI=1S/C26H25ClN2O4S2/c1-32-19-11-14(4-9-18(19)33-12-20(30)28-17-7-5-16(27)6-8-17)22-21-13-2-3-15(10-13)23(21)34-25-24(22)35-26(31)29-25/h4-9,11,13,15,21-23H,2-3,10,12H2,1H3,(H,28,30)(H,29,31)/t13-,15-,21+,22+,23+/m0/s1. The predicted octanol–water partition coefficient (Wildman–Crippen LogP) is 5.77. The monoisotopic (exact) mass is 528 g/mol. The van der Waals surface area contributed by atoms with Crippen LogP contribution in [0.2, 0.25) is 5.02 Å². The number of hydrogen-bond donors (Lipinski definition) is 2. The number of rotatable bonds is 6. The number of nitrogens with one attached hydrogen (secondary N) is 2. The number of anilines is 1. The van der Waals surface area contributed by atoms with Gasteiger partial charge in [0.05, 0.1) is 12.1 Å². The van der Waals surface area contributed by atoms with E-state index in [2.05, 4.69) is 16.4 Å². The van der Waals surface area contributed by atoms with Crippen LogP contribution in [0.4, 0.5) is 5.69 Å². The Labute approximate surface area is 216 Å². The van der Waals surface area contributed by atoms with Gasteiger partial charge in [0.2, 0.25) is 0 Å². The van der Waals surface area contributed by atoms with Gasteiger partial charge in [-0.15, -0.1) is 11.8 Å². The summed E-state index contributed by atoms with van der Waals surface area (Å²) in [4.78, 5) is 28.9. The molecule has 0 spiro atoms. The van der Waals surface area contributed by atoms with Gasteiger partial charge in [-0.3, -0.25) is 9.59 Å². The Bertz CT molecular complexity index is 1320. The Morgan fingerprint density at radius 3 is 2.74 bits per heavy atom. The quantitative estimate of drug-likeness (QED) is 0.424. The lowest BCUT2D eigenvalue weighted by molar-refractivity contribution is -0.118. The average Bonchev–Trinajstić information content (AvgIpc) is 3.57. The number of amides is 1. The van der Waals surface area contributed by atoms with Crippen molar-refractivity contribution in [2.75, 3.05) is 19.0 Å². The zero-order valence-corrected chi connectivity index (χ0v) is 21.5. The third kappa shape index (κ3) is 4.26. The van der Waals surface area contributed by atoms with E-state index in [0.717, 1.165) is 21.4 Å². The van der Waals surface area contributed by atoms with E-state index in [4.69, 9.17) is 21.1 Å². The van der Waals surface area contributed by atoms with E-state index in [0.29, 0.717) is 39.3 Å². The van der Waals surface area contributed by atoms with Crippen LogP contribution in [0.15, 0.2) is 52.3 Å². The van der Waals surface area contributed by atoms with Crippen LogP contribution in [0, 0.1) is 17.8 Å². The van der Waals surface area contributed by atoms with Gasteiger partial charge in [0, 0.05) is 26.8 Å². The van der Waals surface area contributed by atoms with Gasteiger partial charge in [0.15, 0.2) is 18.1 Å². The number of carbonyl (C=O) groups is 1. The SMILES string of the molecule is COc1cc([C@H]2c3sc(=O)[nH]c3S[C@@H]3[C@H]4CC[C@@H](C4)[C@H]23)ccc1OCC(=O)Nc1ccc(Cl)cc1. The van der Waals surface area contributed by atoms with Crippen LogP contribution in [0.1, 0.15) is 35.6 Å². The molecule has 6 rings (SSSR count). The molecule has 6 nitrogen and oxygen atoms in total. The number of aromatic nitrogens is 1. The summed E-state index contributed by atoms with van der Waals surface area (Å²) in [5.74, 6) is 2.97. The topological polar surface area (TPSA) is 80.4 Å². The molecule has 182 valence electrons. The van der Waals surface area contributed by atoms with Crippen LogP contribution >= 0.6 is 34.7 Å². The second kappa shape index (κ2) is 9.22. The normalized spacial score (nSPS) is 26.2. The third-order valence-electron chi connectivity index (χ3n) is 7.50. The Balaban J connectivity index is 1.24. The van der Waals surface area contributed by atoms with Gasteiger partial charge in [-0.05, 0) is 79.0 Å². The molecule has 2 bridgehead atoms. The van der Waals surface area contributed by atoms with Crippen LogP contribution in [0.25, 0.3) is 0 Å². The lowest BCUT2D eigenvalue weighted by Gasteiger charge is -2.40. The molecular weight excluding hydrogens is 504 g/mol. The van der Waals surface area contributed by atoms with Crippen molar-refractivity contribution in [1.29, 1.82) is 0 Å². The zero-order chi connectivity index (χ0) is 24.1. The maximum absolute atomic E-state index is 12.4. The zero-order valence-electron chi connectivity index (χ0n) is 19.1. The maximum Gasteiger partial charge on any atom is 0.305 e. The fraction of sp³-hybridized carbons (Fsp3) is 0.385. The van der Waals surface area contributed by atoms with Gasteiger partial charge in [0.25, 0.3) is 5.91 Å². The Hall–Kier alpha value is -2.42. The second-order valence-corrected chi connectivity index (χ2v) is 12.1. The highest BCUT2D eigenvalue weighted by Gasteiger charge is 2.54. The summed E-state index contributed by atoms with van der Waals surface area (Å²) >= 11 is 9.12. The second-order valence-electron chi connectivity index (χ2n) is 9.43. The van der Waals surface area contributed by atoms with Crippen LogP contribution in [-0.4, -0.2) is 29.9 Å². The summed E-state index contributed by atoms with van der Waals surface area (Å²) in [5.41, 5.74) is 1.79. The predicted molar refractivity (Wildman–Crippen MR) is 139 cm³/mol. The number of thiazole rings is 1. The third-order valence-corrected chi connectivity index (χ3v) is 10.4. The Kier molecular flexibility index (Phi) is 6.06. The molecule has 1 amide bonds. The fourth-order valence-corrected chi connectivity index (χ4v) is 9.11. The van der Waals surface area contributed by atoms with E-state index in [9.17, 15) is 9.59 Å². The van der Waals surface area contributed by atoms with Gasteiger partial charge in [0.1, 0.15) is 0 Å². The van der Waals surface area contributed by atoms with Crippen LogP contribution < -0.4 is 19.7 Å². The lowest BCUT2D eigenvalue weighted by Crippen LogP contribution is -2.33. The molecule has 9 heteroatoms. The summed E-state index contributed by atoms with van der Waals surface area (Å²) < 4.78 is 11.5. The van der Waals surface area contributed by atoms with Crippen LogP contribution in [0.3, 0.4) is 0 Å². The smallest absolute Gasteiger partial charge is 0.305 e. The van der Waals surface area contributed by atoms with Crippen molar-refractivity contribution >= 4 is 46.3 Å². The number of halogens is 1. The number of aromatic amines is 1. The summed E-state index contributed by atoms with van der Waals surface area (Å²) in [5, 5.41) is 4.99. The number of thioether (sulfide) groups is 1. The molecule has 2 heterocycles. The molecule has 0 unspecified atom stereocenters. The number of fused-ring (bicyclic) bond motifs is 6. The molecule has 2 N–H and O–H groups in total. The summed E-state index contributed by atoms with van der Waals surface area (Å²) in [6.45, 7) is -0.142. The molecule has 2 fully saturated rings. The molecule has 5 atom stereocenters. The van der Waals surface area contributed by atoms with Gasteiger partial charge in [-0.25, -0.2) is 0 Å². The molecule has 2 aromatic carbocycles. The highest BCUT2D eigenvalue weighted by Crippen LogP contribution is 2.63. The van der Waals surface area contributed by atoms with Crippen molar-refractivity contribution in [2.24, 2.45) is 17.8 Å². The lowest BCUT2D eigenvalue weighted by atomic mass is 9.75. The molecule has 3 aromatic rings. The summed E-state index contributed by atoms with van der Waals surface area (Å²) in [6.07, 6.45) is 3.86. The molecule has 3 aliphatic rings. The minimum Gasteiger partial charge on any atom is -0.493 e. The molecule has 0 radical (unpaired) electrons. The Morgan fingerprint density at radius 2 is 1.94 bits per heavy atom. The van der Waals surface area contributed by atoms with Gasteiger partial charge < -0.3 is 19.8 Å². The fourth-order valence-electron chi connectivity index (χ4n) is 6.09. The van der Waals surface area contributed by atoms with Crippen LogP contribution in [-0.2, 0) is 4.79 Å². The number of methoxy groups -OCH3 is 1. The molecule has 2 saturated carbocycles. The highest BCUT2D eigenvalue weighted by molar-refractivity contribution is 8.00. The highest BCUT2D eigenvalue weighted by atomic mass is 35.5. The first-order chi connectivity index (χ1) is 17.0. The molecule has 0 saturated heterocycles. The van der Waals surface area contributed by atoms with E-state index in [1.807, 2.05) is 23.9 Å². The molecule has 1 aromatic heterocycles. The van der Waals surface area contributed by atoms with E-state index in [-0.39, 0.29) is 23.3 Å². The number of H-pyrrole nitrogens is 1. The Morgan fingerprint density at radius 1 is 1.14 bits per heavy atom. The van der Waals surface area contributed by atoms with Crippen molar-refractivity contribution < 1.29 is 14.3 Å². The molecular formula is C26H25ClN2O4S2. The van der Waals surface area contributed by atoms with E-state index in [1.165, 1.54) is 30.6 Å². The first-order valence-corrected chi connectivity index (χ1v) is 13.8. The van der Waals surface area contributed by atoms with E-state index in [1.54, 1.807) is 31.4 Å². The molecule has 35 heavy (non-hydrogen) atoms.